The van der Waals surface area contributed by atoms with Crippen LogP contribution in [0.2, 0.25) is 0 Å². The summed E-state index contributed by atoms with van der Waals surface area (Å²) >= 11 is 1.56. The van der Waals surface area contributed by atoms with E-state index in [1.807, 2.05) is 24.3 Å². The molecule has 2 aromatic rings. The van der Waals surface area contributed by atoms with Crippen molar-refractivity contribution in [3.05, 3.63) is 47.3 Å². The van der Waals surface area contributed by atoms with Crippen LogP contribution in [0.15, 0.2) is 35.1 Å². The third kappa shape index (κ3) is 4.38. The maximum atomic E-state index is 12.4. The van der Waals surface area contributed by atoms with E-state index in [4.69, 9.17) is 9.63 Å². The quantitative estimate of drug-likeness (QED) is 0.711. The number of nitrogens with zero attached hydrogens (tertiary/aromatic N) is 1. The maximum Gasteiger partial charge on any atom is 0.304 e. The SMILES string of the molecule is O=C(O)CCSCc1cccc(NC(=O)c2conc2C2CC2)c1. The number of anilines is 1. The lowest BCUT2D eigenvalue weighted by molar-refractivity contribution is -0.136. The molecule has 0 spiro atoms. The highest BCUT2D eigenvalue weighted by molar-refractivity contribution is 7.98. The molecule has 1 aliphatic rings. The van der Waals surface area contributed by atoms with Gasteiger partial charge in [0.05, 0.1) is 12.1 Å². The normalized spacial score (nSPS) is 13.7. The fourth-order valence-electron chi connectivity index (χ4n) is 2.35. The van der Waals surface area contributed by atoms with E-state index in [2.05, 4.69) is 10.5 Å². The topological polar surface area (TPSA) is 92.4 Å². The number of hydrogen-bond donors (Lipinski definition) is 2. The van der Waals surface area contributed by atoms with Crippen molar-refractivity contribution in [1.82, 2.24) is 5.16 Å². The molecule has 1 amide bonds. The van der Waals surface area contributed by atoms with Gasteiger partial charge in [-0.05, 0) is 30.5 Å². The predicted molar refractivity (Wildman–Crippen MR) is 91.3 cm³/mol. The molecule has 126 valence electrons. The maximum absolute atomic E-state index is 12.4. The number of carboxylic acids is 1. The first kappa shape index (κ1) is 16.6. The molecule has 0 bridgehead atoms. The van der Waals surface area contributed by atoms with Gasteiger partial charge in [-0.25, -0.2) is 0 Å². The fourth-order valence-corrected chi connectivity index (χ4v) is 3.23. The molecule has 0 radical (unpaired) electrons. The van der Waals surface area contributed by atoms with E-state index in [9.17, 15) is 9.59 Å². The molecule has 6 nitrogen and oxygen atoms in total. The Balaban J connectivity index is 1.58. The van der Waals surface area contributed by atoms with Gasteiger partial charge in [0.1, 0.15) is 11.8 Å². The van der Waals surface area contributed by atoms with E-state index >= 15 is 0 Å². The molecule has 1 fully saturated rings. The minimum absolute atomic E-state index is 0.151. The summed E-state index contributed by atoms with van der Waals surface area (Å²) in [6.07, 6.45) is 3.65. The Bertz CT molecular complexity index is 740. The molecule has 7 heteroatoms. The molecule has 0 atom stereocenters. The Morgan fingerprint density at radius 3 is 2.96 bits per heavy atom. The number of nitrogens with one attached hydrogen (secondary N) is 1. The van der Waals surface area contributed by atoms with Gasteiger partial charge in [-0.3, -0.25) is 9.59 Å². The van der Waals surface area contributed by atoms with Crippen molar-refractivity contribution in [2.24, 2.45) is 0 Å². The third-order valence-corrected chi connectivity index (χ3v) is 4.75. The minimum Gasteiger partial charge on any atom is -0.481 e. The number of aliphatic carboxylic acids is 1. The zero-order chi connectivity index (χ0) is 16.9. The Morgan fingerprint density at radius 1 is 1.38 bits per heavy atom. The molecule has 1 heterocycles. The van der Waals surface area contributed by atoms with Gasteiger partial charge in [0.25, 0.3) is 5.91 Å². The summed E-state index contributed by atoms with van der Waals surface area (Å²) in [6.45, 7) is 0. The summed E-state index contributed by atoms with van der Waals surface area (Å²) in [7, 11) is 0. The highest BCUT2D eigenvalue weighted by Crippen LogP contribution is 2.40. The van der Waals surface area contributed by atoms with Crippen molar-refractivity contribution in [2.45, 2.75) is 30.9 Å². The van der Waals surface area contributed by atoms with Gasteiger partial charge in [0.15, 0.2) is 0 Å². The van der Waals surface area contributed by atoms with Crippen molar-refractivity contribution in [2.75, 3.05) is 11.1 Å². The number of thioether (sulfide) groups is 1. The summed E-state index contributed by atoms with van der Waals surface area (Å²) in [5.41, 5.74) is 2.99. The molecular weight excluding hydrogens is 328 g/mol. The first-order valence-corrected chi connectivity index (χ1v) is 8.93. The van der Waals surface area contributed by atoms with Gasteiger partial charge >= 0.3 is 5.97 Å². The smallest absolute Gasteiger partial charge is 0.304 e. The second kappa shape index (κ2) is 7.53. The van der Waals surface area contributed by atoms with Crippen molar-refractivity contribution in [3.8, 4) is 0 Å². The first-order chi connectivity index (χ1) is 11.6. The molecule has 0 unspecified atom stereocenters. The van der Waals surface area contributed by atoms with Crippen molar-refractivity contribution >= 4 is 29.3 Å². The van der Waals surface area contributed by atoms with E-state index in [1.54, 1.807) is 11.8 Å². The van der Waals surface area contributed by atoms with Crippen LogP contribution in [0.5, 0.6) is 0 Å². The van der Waals surface area contributed by atoms with Crippen LogP contribution in [-0.2, 0) is 10.5 Å². The van der Waals surface area contributed by atoms with Crippen molar-refractivity contribution in [1.29, 1.82) is 0 Å². The van der Waals surface area contributed by atoms with Crippen LogP contribution >= 0.6 is 11.8 Å². The van der Waals surface area contributed by atoms with Gasteiger partial charge < -0.3 is 14.9 Å². The molecule has 0 aliphatic heterocycles. The summed E-state index contributed by atoms with van der Waals surface area (Å²) in [5, 5.41) is 15.4. The lowest BCUT2D eigenvalue weighted by Gasteiger charge is -2.07. The Labute approximate surface area is 143 Å². The standard InChI is InChI=1S/C17H18N2O4S/c20-15(21)6-7-24-10-11-2-1-3-13(8-11)18-17(22)14-9-23-19-16(14)12-4-5-12/h1-3,8-9,12H,4-7,10H2,(H,18,22)(H,20,21). The molecular formula is C17H18N2O4S. The molecule has 1 aliphatic carbocycles. The zero-order valence-electron chi connectivity index (χ0n) is 13.0. The van der Waals surface area contributed by atoms with Gasteiger partial charge in [0, 0.05) is 23.1 Å². The van der Waals surface area contributed by atoms with Crippen LogP contribution in [0.3, 0.4) is 0 Å². The number of amides is 1. The van der Waals surface area contributed by atoms with E-state index < -0.39 is 5.97 Å². The molecule has 1 aromatic heterocycles. The lowest BCUT2D eigenvalue weighted by Crippen LogP contribution is -2.13. The average Bonchev–Trinajstić information content (AvgIpc) is 3.28. The monoisotopic (exact) mass is 346 g/mol. The first-order valence-electron chi connectivity index (χ1n) is 7.77. The number of benzene rings is 1. The average molecular weight is 346 g/mol. The van der Waals surface area contributed by atoms with Gasteiger partial charge in [-0.1, -0.05) is 17.3 Å². The molecule has 1 saturated carbocycles. The van der Waals surface area contributed by atoms with Crippen LogP contribution in [0, 0.1) is 0 Å². The summed E-state index contributed by atoms with van der Waals surface area (Å²) in [5.74, 6) is 0.619. The Kier molecular flexibility index (Phi) is 5.20. The molecule has 1 aromatic carbocycles. The number of aromatic nitrogens is 1. The Morgan fingerprint density at radius 2 is 2.21 bits per heavy atom. The fraction of sp³-hybridized carbons (Fsp3) is 0.353. The number of hydrogen-bond acceptors (Lipinski definition) is 5. The zero-order valence-corrected chi connectivity index (χ0v) is 13.8. The molecule has 3 rings (SSSR count). The van der Waals surface area contributed by atoms with E-state index in [1.165, 1.54) is 6.26 Å². The Hall–Kier alpha value is -2.28. The third-order valence-electron chi connectivity index (χ3n) is 3.72. The highest BCUT2D eigenvalue weighted by Gasteiger charge is 2.31. The summed E-state index contributed by atoms with van der Waals surface area (Å²) < 4.78 is 4.95. The highest BCUT2D eigenvalue weighted by atomic mass is 32.2. The second-order valence-corrected chi connectivity index (χ2v) is 6.84. The number of carbonyl (C=O) groups is 2. The lowest BCUT2D eigenvalue weighted by atomic mass is 10.1. The number of rotatable bonds is 8. The minimum atomic E-state index is -0.788. The van der Waals surface area contributed by atoms with Crippen molar-refractivity contribution < 1.29 is 19.2 Å². The van der Waals surface area contributed by atoms with E-state index in [0.29, 0.717) is 28.7 Å². The summed E-state index contributed by atoms with van der Waals surface area (Å²) in [4.78, 5) is 22.9. The molecule has 0 saturated heterocycles. The van der Waals surface area contributed by atoms with Gasteiger partial charge in [-0.15, -0.1) is 0 Å². The van der Waals surface area contributed by atoms with Crippen LogP contribution in [-0.4, -0.2) is 27.9 Å². The van der Waals surface area contributed by atoms with Crippen molar-refractivity contribution in [3.63, 3.8) is 0 Å². The largest absolute Gasteiger partial charge is 0.481 e. The van der Waals surface area contributed by atoms with E-state index in [-0.39, 0.29) is 12.3 Å². The van der Waals surface area contributed by atoms with Crippen LogP contribution in [0.1, 0.15) is 46.8 Å². The number of carbonyl (C=O) groups excluding carboxylic acids is 1. The molecule has 2 N–H and O–H groups in total. The predicted octanol–water partition coefficient (Wildman–Crippen LogP) is 3.51. The van der Waals surface area contributed by atoms with Crippen LogP contribution < -0.4 is 5.32 Å². The van der Waals surface area contributed by atoms with Crippen LogP contribution in [0.25, 0.3) is 0 Å². The van der Waals surface area contributed by atoms with Crippen LogP contribution in [0.4, 0.5) is 5.69 Å². The number of carboxylic acid groups (broad SMARTS) is 1. The van der Waals surface area contributed by atoms with Gasteiger partial charge in [0.2, 0.25) is 0 Å². The second-order valence-electron chi connectivity index (χ2n) is 5.74. The van der Waals surface area contributed by atoms with Gasteiger partial charge in [-0.2, -0.15) is 11.8 Å². The molecule has 24 heavy (non-hydrogen) atoms. The van der Waals surface area contributed by atoms with E-state index in [0.717, 1.165) is 24.1 Å². The summed E-state index contributed by atoms with van der Waals surface area (Å²) in [6, 6.07) is 7.56.